The molecule has 2 N–H and O–H groups in total. The predicted molar refractivity (Wildman–Crippen MR) is 90.9 cm³/mol. The molecule has 0 radical (unpaired) electrons. The minimum Gasteiger partial charge on any atom is -0.251 e. The number of nitrogens with zero attached hydrogens (tertiary/aromatic N) is 4. The third-order valence-corrected chi connectivity index (χ3v) is 6.23. The fourth-order valence-electron chi connectivity index (χ4n) is 3.40. The van der Waals surface area contributed by atoms with Gasteiger partial charge >= 0.3 is 0 Å². The molecular formula is C13H12N6S3. The average Bonchev–Trinajstić information content (AvgIpc) is 3.14. The van der Waals surface area contributed by atoms with E-state index in [4.69, 9.17) is 24.4 Å². The van der Waals surface area contributed by atoms with Crippen LogP contribution in [-0.4, -0.2) is 29.2 Å². The van der Waals surface area contributed by atoms with E-state index in [0.29, 0.717) is 15.3 Å². The van der Waals surface area contributed by atoms with E-state index >= 15 is 0 Å². The second-order valence-corrected chi connectivity index (χ2v) is 7.74. The Morgan fingerprint density at radius 1 is 1.18 bits per heavy atom. The van der Waals surface area contributed by atoms with Crippen LogP contribution in [0.4, 0.5) is 0 Å². The van der Waals surface area contributed by atoms with Gasteiger partial charge in [-0.15, -0.1) is 16.4 Å². The summed E-state index contributed by atoms with van der Waals surface area (Å²) >= 11 is 12.6. The Morgan fingerprint density at radius 2 is 1.95 bits per heavy atom. The topological polar surface area (TPSA) is 66.2 Å². The molecule has 0 bridgehead atoms. The monoisotopic (exact) mass is 348 g/mol. The normalized spacial score (nSPS) is 18.5. The first kappa shape index (κ1) is 12.9. The summed E-state index contributed by atoms with van der Waals surface area (Å²) in [5.41, 5.74) is 2.26. The van der Waals surface area contributed by atoms with Crippen molar-refractivity contribution in [3.8, 4) is 0 Å². The van der Waals surface area contributed by atoms with Crippen molar-refractivity contribution in [1.29, 1.82) is 0 Å². The molecule has 1 aliphatic carbocycles. The van der Waals surface area contributed by atoms with E-state index in [1.165, 1.54) is 22.2 Å². The Bertz CT molecular complexity index is 1170. The van der Waals surface area contributed by atoms with Crippen LogP contribution in [0.5, 0.6) is 0 Å². The number of aromatic amines is 2. The van der Waals surface area contributed by atoms with Gasteiger partial charge in [0, 0.05) is 4.88 Å². The Labute approximate surface area is 138 Å². The SMILES string of the molecule is CC1CCc2c(sc3c2c2n[nH]c(=S)n2c2n[nH]c(=S)n32)C1. The zero-order valence-corrected chi connectivity index (χ0v) is 14.2. The Balaban J connectivity index is 2.13. The van der Waals surface area contributed by atoms with Crippen molar-refractivity contribution in [1.82, 2.24) is 29.2 Å². The highest BCUT2D eigenvalue weighted by atomic mass is 32.1. The fourth-order valence-corrected chi connectivity index (χ4v) is 5.40. The van der Waals surface area contributed by atoms with Gasteiger partial charge < -0.3 is 0 Å². The Kier molecular flexibility index (Phi) is 2.49. The molecule has 112 valence electrons. The van der Waals surface area contributed by atoms with Crippen molar-refractivity contribution in [3.05, 3.63) is 20.0 Å². The molecule has 22 heavy (non-hydrogen) atoms. The van der Waals surface area contributed by atoms with Gasteiger partial charge in [-0.3, -0.25) is 5.10 Å². The van der Waals surface area contributed by atoms with Gasteiger partial charge in [-0.05, 0) is 55.2 Å². The first-order valence-electron chi connectivity index (χ1n) is 7.15. The van der Waals surface area contributed by atoms with Crippen LogP contribution >= 0.6 is 35.8 Å². The van der Waals surface area contributed by atoms with Crippen LogP contribution in [0, 0.1) is 15.5 Å². The number of hydrogen-bond donors (Lipinski definition) is 2. The van der Waals surface area contributed by atoms with Gasteiger partial charge in [0.2, 0.25) is 15.3 Å². The van der Waals surface area contributed by atoms with E-state index < -0.39 is 0 Å². The summed E-state index contributed by atoms with van der Waals surface area (Å²) in [5.74, 6) is 1.42. The van der Waals surface area contributed by atoms with Crippen LogP contribution in [0.2, 0.25) is 0 Å². The lowest BCUT2D eigenvalue weighted by atomic mass is 9.89. The van der Waals surface area contributed by atoms with Gasteiger partial charge in [0.15, 0.2) is 5.65 Å². The van der Waals surface area contributed by atoms with Crippen LogP contribution in [0.3, 0.4) is 0 Å². The smallest absolute Gasteiger partial charge is 0.243 e. The zero-order chi connectivity index (χ0) is 15.0. The molecule has 0 aliphatic heterocycles. The minimum absolute atomic E-state index is 0.542. The van der Waals surface area contributed by atoms with Crippen LogP contribution in [0.15, 0.2) is 0 Å². The van der Waals surface area contributed by atoms with Gasteiger partial charge in [-0.1, -0.05) is 6.92 Å². The number of nitrogens with one attached hydrogen (secondary N) is 2. The number of aryl methyl sites for hydroxylation is 1. The van der Waals surface area contributed by atoms with E-state index in [-0.39, 0.29) is 0 Å². The maximum atomic E-state index is 5.43. The Hall–Kier alpha value is -1.58. The summed E-state index contributed by atoms with van der Waals surface area (Å²) < 4.78 is 4.99. The molecule has 0 saturated heterocycles. The van der Waals surface area contributed by atoms with Crippen molar-refractivity contribution in [2.45, 2.75) is 26.2 Å². The summed E-state index contributed by atoms with van der Waals surface area (Å²) in [6, 6.07) is 0. The molecule has 9 heteroatoms. The number of fused-ring (bicyclic) bond motifs is 8. The van der Waals surface area contributed by atoms with E-state index in [9.17, 15) is 0 Å². The molecule has 4 heterocycles. The van der Waals surface area contributed by atoms with Crippen molar-refractivity contribution >= 4 is 57.4 Å². The third kappa shape index (κ3) is 1.48. The second kappa shape index (κ2) is 4.24. The first-order valence-corrected chi connectivity index (χ1v) is 8.79. The third-order valence-electron chi connectivity index (χ3n) is 4.45. The molecule has 6 nitrogen and oxygen atoms in total. The van der Waals surface area contributed by atoms with Crippen molar-refractivity contribution in [3.63, 3.8) is 0 Å². The summed E-state index contributed by atoms with van der Waals surface area (Å²) in [6.07, 6.45) is 3.42. The summed E-state index contributed by atoms with van der Waals surface area (Å²) in [6.45, 7) is 2.31. The van der Waals surface area contributed by atoms with Gasteiger partial charge in [0.05, 0.1) is 5.39 Å². The van der Waals surface area contributed by atoms with Gasteiger partial charge in [-0.2, -0.15) is 5.10 Å². The molecule has 5 rings (SSSR count). The molecule has 0 amide bonds. The summed E-state index contributed by atoms with van der Waals surface area (Å²) in [5, 5.41) is 15.7. The summed E-state index contributed by atoms with van der Waals surface area (Å²) in [4.78, 5) is 2.56. The maximum Gasteiger partial charge on any atom is 0.243 e. The van der Waals surface area contributed by atoms with E-state index in [1.807, 2.05) is 20.1 Å². The standard InChI is InChI=1S/C13H12N6S3/c1-5-2-3-6-7(4-5)22-10-8(6)9-14-16-12(20)18(9)11-15-17-13(21)19(10)11/h5H,2-4H2,1H3,(H,16,20)(H,17,21). The lowest BCUT2D eigenvalue weighted by molar-refractivity contribution is 0.509. The Morgan fingerprint density at radius 3 is 2.82 bits per heavy atom. The minimum atomic E-state index is 0.542. The molecule has 0 saturated carbocycles. The van der Waals surface area contributed by atoms with Crippen molar-refractivity contribution in [2.24, 2.45) is 5.92 Å². The molecular weight excluding hydrogens is 336 g/mol. The fraction of sp³-hybridized carbons (Fsp3) is 0.385. The van der Waals surface area contributed by atoms with Gasteiger partial charge in [-0.25, -0.2) is 13.9 Å². The highest BCUT2D eigenvalue weighted by molar-refractivity contribution is 7.71. The lowest BCUT2D eigenvalue weighted by Crippen LogP contribution is -2.08. The molecule has 4 aromatic heterocycles. The molecule has 1 unspecified atom stereocenters. The predicted octanol–water partition coefficient (Wildman–Crippen LogP) is 3.44. The highest BCUT2D eigenvalue weighted by Crippen LogP contribution is 2.39. The number of H-pyrrole nitrogens is 2. The number of thiophene rings is 1. The van der Waals surface area contributed by atoms with E-state index in [1.54, 1.807) is 0 Å². The highest BCUT2D eigenvalue weighted by Gasteiger charge is 2.25. The molecule has 4 aromatic rings. The van der Waals surface area contributed by atoms with Crippen molar-refractivity contribution < 1.29 is 0 Å². The summed E-state index contributed by atoms with van der Waals surface area (Å²) in [7, 11) is 0. The maximum absolute atomic E-state index is 5.43. The van der Waals surface area contributed by atoms with Crippen LogP contribution in [0.25, 0.3) is 21.6 Å². The number of rotatable bonds is 0. The zero-order valence-electron chi connectivity index (χ0n) is 11.7. The molecule has 1 atom stereocenters. The number of hydrogen-bond acceptors (Lipinski definition) is 5. The molecule has 0 aromatic carbocycles. The van der Waals surface area contributed by atoms with Gasteiger partial charge in [0.25, 0.3) is 0 Å². The second-order valence-electron chi connectivity index (χ2n) is 5.88. The van der Waals surface area contributed by atoms with Crippen molar-refractivity contribution in [2.75, 3.05) is 0 Å². The van der Waals surface area contributed by atoms with E-state index in [2.05, 4.69) is 27.3 Å². The van der Waals surface area contributed by atoms with Crippen LogP contribution in [-0.2, 0) is 12.8 Å². The lowest BCUT2D eigenvalue weighted by Gasteiger charge is -2.17. The average molecular weight is 348 g/mol. The quantitative estimate of drug-likeness (QED) is 0.478. The molecule has 1 aliphatic rings. The van der Waals surface area contributed by atoms with Gasteiger partial charge in [0.1, 0.15) is 4.83 Å². The molecule has 0 fully saturated rings. The van der Waals surface area contributed by atoms with E-state index in [0.717, 1.165) is 29.2 Å². The molecule has 0 spiro atoms. The van der Waals surface area contributed by atoms with Crippen LogP contribution < -0.4 is 0 Å². The largest absolute Gasteiger partial charge is 0.251 e. The first-order chi connectivity index (χ1) is 10.6. The van der Waals surface area contributed by atoms with Crippen LogP contribution in [0.1, 0.15) is 23.8 Å². The number of aromatic nitrogens is 6.